The van der Waals surface area contributed by atoms with E-state index in [1.54, 1.807) is 0 Å². The molecule has 1 fully saturated rings. The van der Waals surface area contributed by atoms with E-state index < -0.39 is 0 Å². The summed E-state index contributed by atoms with van der Waals surface area (Å²) in [6.45, 7) is 0.811. The van der Waals surface area contributed by atoms with Crippen molar-refractivity contribution in [3.63, 3.8) is 0 Å². The van der Waals surface area contributed by atoms with E-state index in [1.165, 1.54) is 38.5 Å². The Bertz CT molecular complexity index is 651. The van der Waals surface area contributed by atoms with Crippen molar-refractivity contribution >= 4 is 28.7 Å². The average molecular weight is 355 g/mol. The fraction of sp³-hybridized carbons (Fsp3) is 0.381. The number of nitrogens with one attached hydrogen (secondary N) is 2. The van der Waals surface area contributed by atoms with Gasteiger partial charge in [-0.25, -0.2) is 0 Å². The maximum atomic E-state index is 5.89. The fourth-order valence-electron chi connectivity index (χ4n) is 3.27. The second kappa shape index (κ2) is 9.42. The van der Waals surface area contributed by atoms with E-state index in [4.69, 9.17) is 17.0 Å². The third-order valence-electron chi connectivity index (χ3n) is 4.66. The summed E-state index contributed by atoms with van der Waals surface area (Å²) in [5.41, 5.74) is 1.93. The molecule has 0 saturated heterocycles. The van der Waals surface area contributed by atoms with Crippen LogP contribution in [0.3, 0.4) is 0 Å². The molecule has 0 atom stereocenters. The monoisotopic (exact) mass is 354 g/mol. The highest BCUT2D eigenvalue weighted by Crippen LogP contribution is 2.26. The van der Waals surface area contributed by atoms with Gasteiger partial charge in [-0.2, -0.15) is 0 Å². The molecule has 4 heteroatoms. The van der Waals surface area contributed by atoms with Gasteiger partial charge >= 0.3 is 0 Å². The van der Waals surface area contributed by atoms with Gasteiger partial charge in [0.25, 0.3) is 0 Å². The summed E-state index contributed by atoms with van der Waals surface area (Å²) in [6, 6.07) is 17.9. The lowest BCUT2D eigenvalue weighted by Crippen LogP contribution is -2.18. The summed E-state index contributed by atoms with van der Waals surface area (Å²) in [4.78, 5) is 0. The molecule has 2 N–H and O–H groups in total. The van der Waals surface area contributed by atoms with Crippen molar-refractivity contribution in [2.24, 2.45) is 5.92 Å². The van der Waals surface area contributed by atoms with Crippen LogP contribution < -0.4 is 15.4 Å². The van der Waals surface area contributed by atoms with Crippen molar-refractivity contribution in [1.29, 1.82) is 0 Å². The zero-order valence-corrected chi connectivity index (χ0v) is 15.4. The van der Waals surface area contributed by atoms with Gasteiger partial charge in [-0.3, -0.25) is 0 Å². The molecule has 3 nitrogen and oxygen atoms in total. The second-order valence-corrected chi connectivity index (χ2v) is 7.02. The molecule has 132 valence electrons. The third-order valence-corrected chi connectivity index (χ3v) is 4.87. The summed E-state index contributed by atoms with van der Waals surface area (Å²) in [5, 5.41) is 6.94. The summed E-state index contributed by atoms with van der Waals surface area (Å²) in [7, 11) is 0. The van der Waals surface area contributed by atoms with E-state index >= 15 is 0 Å². The van der Waals surface area contributed by atoms with Crippen LogP contribution in [-0.4, -0.2) is 11.7 Å². The number of benzene rings is 2. The second-order valence-electron chi connectivity index (χ2n) is 6.61. The van der Waals surface area contributed by atoms with Gasteiger partial charge in [0.15, 0.2) is 5.11 Å². The number of hydrogen-bond acceptors (Lipinski definition) is 2. The first-order valence-electron chi connectivity index (χ1n) is 9.15. The number of rotatable bonds is 6. The molecule has 0 amide bonds. The lowest BCUT2D eigenvalue weighted by atomic mass is 9.87. The predicted molar refractivity (Wildman–Crippen MR) is 109 cm³/mol. The highest BCUT2D eigenvalue weighted by Gasteiger charge is 2.13. The fourth-order valence-corrected chi connectivity index (χ4v) is 3.50. The van der Waals surface area contributed by atoms with Crippen molar-refractivity contribution in [3.8, 4) is 5.75 Å². The van der Waals surface area contributed by atoms with Crippen LogP contribution >= 0.6 is 12.2 Å². The first-order valence-corrected chi connectivity index (χ1v) is 9.56. The molecule has 0 radical (unpaired) electrons. The minimum absolute atomic E-state index is 0.581. The summed E-state index contributed by atoms with van der Waals surface area (Å²) in [6.07, 6.45) is 8.11. The van der Waals surface area contributed by atoms with Gasteiger partial charge in [-0.1, -0.05) is 50.3 Å². The summed E-state index contributed by atoms with van der Waals surface area (Å²) in [5.74, 6) is 1.78. The molecule has 0 spiro atoms. The standard InChI is InChI=1S/C21H26N2OS/c25-21(22-18-9-5-2-6-10-18)23-19-11-13-20(14-12-19)24-16-15-17-7-3-1-4-8-17/h2,5-6,9-14,17H,1,3-4,7-8,15-16H2,(H2,22,23,25). The molecule has 1 aliphatic carbocycles. The third kappa shape index (κ3) is 6.05. The van der Waals surface area contributed by atoms with Crippen LogP contribution in [0.2, 0.25) is 0 Å². The number of anilines is 2. The molecule has 0 aliphatic heterocycles. The summed E-state index contributed by atoms with van der Waals surface area (Å²) >= 11 is 5.34. The number of thiocarbonyl (C=S) groups is 1. The Balaban J connectivity index is 1.41. The van der Waals surface area contributed by atoms with Crippen LogP contribution in [-0.2, 0) is 0 Å². The van der Waals surface area contributed by atoms with Crippen molar-refractivity contribution < 1.29 is 4.74 Å². The molecule has 0 aromatic heterocycles. The van der Waals surface area contributed by atoms with Crippen LogP contribution in [0.5, 0.6) is 5.75 Å². The van der Waals surface area contributed by atoms with Gasteiger partial charge < -0.3 is 15.4 Å². The van der Waals surface area contributed by atoms with Crippen LogP contribution in [0.25, 0.3) is 0 Å². The van der Waals surface area contributed by atoms with E-state index in [1.807, 2.05) is 54.6 Å². The Morgan fingerprint density at radius 1 is 0.880 bits per heavy atom. The maximum Gasteiger partial charge on any atom is 0.175 e. The largest absolute Gasteiger partial charge is 0.494 e. The van der Waals surface area contributed by atoms with Gasteiger partial charge in [-0.05, 0) is 61.0 Å². The molecular weight excluding hydrogens is 328 g/mol. The lowest BCUT2D eigenvalue weighted by molar-refractivity contribution is 0.246. The predicted octanol–water partition coefficient (Wildman–Crippen LogP) is 5.84. The normalized spacial score (nSPS) is 14.7. The SMILES string of the molecule is S=C(Nc1ccccc1)Nc1ccc(OCCC2CCCCC2)cc1. The number of para-hydroxylation sites is 1. The molecule has 0 heterocycles. The Morgan fingerprint density at radius 3 is 2.20 bits per heavy atom. The smallest absolute Gasteiger partial charge is 0.175 e. The van der Waals surface area contributed by atoms with Crippen LogP contribution in [0.15, 0.2) is 54.6 Å². The van der Waals surface area contributed by atoms with E-state index in [9.17, 15) is 0 Å². The summed E-state index contributed by atoms with van der Waals surface area (Å²) < 4.78 is 5.89. The van der Waals surface area contributed by atoms with Gasteiger partial charge in [0.1, 0.15) is 5.75 Å². The van der Waals surface area contributed by atoms with Crippen molar-refractivity contribution in [3.05, 3.63) is 54.6 Å². The Morgan fingerprint density at radius 2 is 1.52 bits per heavy atom. The molecule has 0 bridgehead atoms. The van der Waals surface area contributed by atoms with Crippen molar-refractivity contribution in [1.82, 2.24) is 0 Å². The van der Waals surface area contributed by atoms with Gasteiger partial charge in [0.05, 0.1) is 6.61 Å². The van der Waals surface area contributed by atoms with Crippen LogP contribution in [0, 0.1) is 5.92 Å². The topological polar surface area (TPSA) is 33.3 Å². The van der Waals surface area contributed by atoms with Crippen LogP contribution in [0.4, 0.5) is 11.4 Å². The minimum atomic E-state index is 0.581. The first-order chi connectivity index (χ1) is 12.3. The van der Waals surface area contributed by atoms with Gasteiger partial charge in [0, 0.05) is 11.4 Å². The number of hydrogen-bond donors (Lipinski definition) is 2. The van der Waals surface area contributed by atoms with E-state index in [0.717, 1.165) is 29.6 Å². The van der Waals surface area contributed by atoms with E-state index in [0.29, 0.717) is 5.11 Å². The van der Waals surface area contributed by atoms with Gasteiger partial charge in [-0.15, -0.1) is 0 Å². The highest BCUT2D eigenvalue weighted by molar-refractivity contribution is 7.80. The minimum Gasteiger partial charge on any atom is -0.494 e. The maximum absolute atomic E-state index is 5.89. The molecule has 3 rings (SSSR count). The molecule has 25 heavy (non-hydrogen) atoms. The zero-order chi connectivity index (χ0) is 17.3. The average Bonchev–Trinajstić information content (AvgIpc) is 2.65. The van der Waals surface area contributed by atoms with Gasteiger partial charge in [0.2, 0.25) is 0 Å². The molecule has 1 saturated carbocycles. The molecule has 0 unspecified atom stereocenters. The molecule has 2 aromatic carbocycles. The molecule has 2 aromatic rings. The molecule has 1 aliphatic rings. The van der Waals surface area contributed by atoms with E-state index in [-0.39, 0.29) is 0 Å². The molecular formula is C21H26N2OS. The first kappa shape index (κ1) is 17.7. The highest BCUT2D eigenvalue weighted by atomic mass is 32.1. The Kier molecular flexibility index (Phi) is 6.69. The lowest BCUT2D eigenvalue weighted by Gasteiger charge is -2.21. The van der Waals surface area contributed by atoms with Crippen molar-refractivity contribution in [2.45, 2.75) is 38.5 Å². The Hall–Kier alpha value is -2.07. The van der Waals surface area contributed by atoms with Crippen molar-refractivity contribution in [2.75, 3.05) is 17.2 Å². The number of ether oxygens (including phenoxy) is 1. The zero-order valence-electron chi connectivity index (χ0n) is 14.5. The Labute approximate surface area is 155 Å². The van der Waals surface area contributed by atoms with Crippen LogP contribution in [0.1, 0.15) is 38.5 Å². The quantitative estimate of drug-likeness (QED) is 0.638. The van der Waals surface area contributed by atoms with E-state index in [2.05, 4.69) is 10.6 Å².